The van der Waals surface area contributed by atoms with Crippen LogP contribution in [0.1, 0.15) is 5.56 Å². The van der Waals surface area contributed by atoms with Gasteiger partial charge in [-0.2, -0.15) is 5.10 Å². The third kappa shape index (κ3) is 5.05. The summed E-state index contributed by atoms with van der Waals surface area (Å²) in [6.07, 6.45) is 1.69. The topological polar surface area (TPSA) is 51.1 Å². The van der Waals surface area contributed by atoms with Crippen LogP contribution in [0.2, 0.25) is 15.1 Å². The molecule has 9 heteroatoms. The zero-order valence-corrected chi connectivity index (χ0v) is 17.3. The number of halogens is 3. The van der Waals surface area contributed by atoms with E-state index in [4.69, 9.17) is 51.8 Å². The third-order valence-electron chi connectivity index (χ3n) is 3.65. The van der Waals surface area contributed by atoms with Crippen molar-refractivity contribution in [2.75, 3.05) is 17.7 Å². The average Bonchev–Trinajstić information content (AvgIpc) is 2.97. The Balaban J connectivity index is 1.70. The molecule has 0 fully saturated rings. The second-order valence-electron chi connectivity index (χ2n) is 5.54. The molecule has 0 saturated heterocycles. The van der Waals surface area contributed by atoms with Crippen LogP contribution in [0.4, 0.5) is 11.5 Å². The van der Waals surface area contributed by atoms with Gasteiger partial charge in [0.1, 0.15) is 10.8 Å². The van der Waals surface area contributed by atoms with Crippen molar-refractivity contribution in [2.45, 2.75) is 6.54 Å². The smallest absolute Gasteiger partial charge is 0.176 e. The fourth-order valence-electron chi connectivity index (χ4n) is 2.40. The quantitative estimate of drug-likeness (QED) is 0.497. The first-order valence-corrected chi connectivity index (χ1v) is 9.38. The van der Waals surface area contributed by atoms with Crippen LogP contribution >= 0.6 is 47.0 Å². The molecule has 0 aliphatic carbocycles. The minimum Gasteiger partial charge on any atom is -0.495 e. The Bertz CT molecular complexity index is 977. The minimum atomic E-state index is 0.344. The van der Waals surface area contributed by atoms with E-state index in [-0.39, 0.29) is 0 Å². The first kappa shape index (κ1) is 19.8. The maximum Gasteiger partial charge on any atom is 0.176 e. The third-order valence-corrected chi connectivity index (χ3v) is 4.72. The van der Waals surface area contributed by atoms with Gasteiger partial charge < -0.3 is 15.4 Å². The lowest BCUT2D eigenvalue weighted by Gasteiger charge is -2.12. The molecule has 1 heterocycles. The molecule has 0 spiro atoms. The molecular weight excluding hydrogens is 427 g/mol. The van der Waals surface area contributed by atoms with Crippen LogP contribution in [-0.2, 0) is 6.54 Å². The van der Waals surface area contributed by atoms with Crippen molar-refractivity contribution in [3.63, 3.8) is 0 Å². The Kier molecular flexibility index (Phi) is 6.44. The van der Waals surface area contributed by atoms with Crippen molar-refractivity contribution in [3.05, 3.63) is 69.3 Å². The SMILES string of the molecule is COc1ccccc1NC(=S)Nc1nn(Cc2ccc(Cl)cc2Cl)cc1Cl. The Morgan fingerprint density at radius 1 is 1.11 bits per heavy atom. The molecule has 140 valence electrons. The van der Waals surface area contributed by atoms with Gasteiger partial charge in [-0.3, -0.25) is 4.68 Å². The number of aromatic nitrogens is 2. The highest BCUT2D eigenvalue weighted by molar-refractivity contribution is 7.80. The van der Waals surface area contributed by atoms with Gasteiger partial charge in [-0.25, -0.2) is 0 Å². The summed E-state index contributed by atoms with van der Waals surface area (Å²) in [5.74, 6) is 1.12. The molecule has 3 aromatic rings. The molecule has 0 amide bonds. The van der Waals surface area contributed by atoms with E-state index in [0.29, 0.717) is 38.3 Å². The molecule has 0 aliphatic heterocycles. The van der Waals surface area contributed by atoms with Crippen LogP contribution in [0.15, 0.2) is 48.7 Å². The number of hydrogen-bond acceptors (Lipinski definition) is 3. The number of nitrogens with zero attached hydrogens (tertiary/aromatic N) is 2. The first-order valence-electron chi connectivity index (χ1n) is 7.84. The maximum atomic E-state index is 6.27. The zero-order valence-electron chi connectivity index (χ0n) is 14.2. The molecule has 2 N–H and O–H groups in total. The van der Waals surface area contributed by atoms with Gasteiger partial charge in [0, 0.05) is 16.2 Å². The summed E-state index contributed by atoms with van der Waals surface area (Å²) in [5, 5.41) is 12.4. The predicted molar refractivity (Wildman–Crippen MR) is 116 cm³/mol. The van der Waals surface area contributed by atoms with Gasteiger partial charge in [0.2, 0.25) is 0 Å². The van der Waals surface area contributed by atoms with Crippen LogP contribution in [0, 0.1) is 0 Å². The van der Waals surface area contributed by atoms with Crippen LogP contribution in [0.5, 0.6) is 5.75 Å². The van der Waals surface area contributed by atoms with E-state index >= 15 is 0 Å². The van der Waals surface area contributed by atoms with Crippen LogP contribution < -0.4 is 15.4 Å². The van der Waals surface area contributed by atoms with Gasteiger partial charge in [-0.15, -0.1) is 0 Å². The van der Waals surface area contributed by atoms with Gasteiger partial charge in [0.25, 0.3) is 0 Å². The molecule has 0 unspecified atom stereocenters. The van der Waals surface area contributed by atoms with E-state index in [1.165, 1.54) is 0 Å². The molecule has 0 atom stereocenters. The Hall–Kier alpha value is -1.99. The zero-order chi connectivity index (χ0) is 19.4. The van der Waals surface area contributed by atoms with Crippen LogP contribution in [-0.4, -0.2) is 22.0 Å². The summed E-state index contributed by atoms with van der Waals surface area (Å²) < 4.78 is 6.96. The number of nitrogens with one attached hydrogen (secondary N) is 2. The lowest BCUT2D eigenvalue weighted by molar-refractivity contribution is 0.417. The Morgan fingerprint density at radius 2 is 1.89 bits per heavy atom. The second kappa shape index (κ2) is 8.80. The molecule has 0 saturated carbocycles. The summed E-state index contributed by atoms with van der Waals surface area (Å²) in [5.41, 5.74) is 1.61. The normalized spacial score (nSPS) is 10.5. The fraction of sp³-hybridized carbons (Fsp3) is 0.111. The fourth-order valence-corrected chi connectivity index (χ4v) is 3.27. The summed E-state index contributed by atoms with van der Waals surface area (Å²) in [6.45, 7) is 0.449. The number of ether oxygens (including phenoxy) is 1. The number of benzene rings is 2. The highest BCUT2D eigenvalue weighted by Gasteiger charge is 2.11. The molecular formula is C18H15Cl3N4OS. The largest absolute Gasteiger partial charge is 0.495 e. The van der Waals surface area contributed by atoms with Crippen molar-refractivity contribution in [1.82, 2.24) is 9.78 Å². The number of methoxy groups -OCH3 is 1. The number of thiocarbonyl (C=S) groups is 1. The van der Waals surface area contributed by atoms with E-state index < -0.39 is 0 Å². The van der Waals surface area contributed by atoms with E-state index in [0.717, 1.165) is 11.3 Å². The van der Waals surface area contributed by atoms with Crippen molar-refractivity contribution in [2.24, 2.45) is 0 Å². The Morgan fingerprint density at radius 3 is 2.63 bits per heavy atom. The number of rotatable bonds is 5. The Labute approximate surface area is 177 Å². The highest BCUT2D eigenvalue weighted by atomic mass is 35.5. The standard InChI is InChI=1S/C18H15Cl3N4OS/c1-26-16-5-3-2-4-15(16)22-18(27)23-17-14(21)10-25(24-17)9-11-6-7-12(19)8-13(11)20/h2-8,10H,9H2,1H3,(H2,22,23,24,27). The van der Waals surface area contributed by atoms with Crippen molar-refractivity contribution >= 4 is 63.6 Å². The van der Waals surface area contributed by atoms with Crippen molar-refractivity contribution in [1.29, 1.82) is 0 Å². The lowest BCUT2D eigenvalue weighted by Crippen LogP contribution is -2.20. The van der Waals surface area contributed by atoms with E-state index in [2.05, 4.69) is 15.7 Å². The summed E-state index contributed by atoms with van der Waals surface area (Å²) >= 11 is 23.7. The average molecular weight is 442 g/mol. The molecule has 2 aromatic carbocycles. The highest BCUT2D eigenvalue weighted by Crippen LogP contribution is 2.26. The van der Waals surface area contributed by atoms with Crippen LogP contribution in [0.25, 0.3) is 0 Å². The van der Waals surface area contributed by atoms with Gasteiger partial charge in [0.15, 0.2) is 10.9 Å². The monoisotopic (exact) mass is 440 g/mol. The summed E-state index contributed by atoms with van der Waals surface area (Å²) in [4.78, 5) is 0. The van der Waals surface area contributed by atoms with Gasteiger partial charge >= 0.3 is 0 Å². The van der Waals surface area contributed by atoms with E-state index in [1.54, 1.807) is 30.1 Å². The number of para-hydroxylation sites is 2. The predicted octanol–water partition coefficient (Wildman–Crippen LogP) is 5.71. The lowest BCUT2D eigenvalue weighted by atomic mass is 10.2. The van der Waals surface area contributed by atoms with E-state index in [1.807, 2.05) is 30.3 Å². The number of anilines is 2. The van der Waals surface area contributed by atoms with Crippen molar-refractivity contribution in [3.8, 4) is 5.75 Å². The second-order valence-corrected chi connectivity index (χ2v) is 7.20. The molecule has 1 aromatic heterocycles. The van der Waals surface area contributed by atoms with Crippen LogP contribution in [0.3, 0.4) is 0 Å². The molecule has 0 radical (unpaired) electrons. The van der Waals surface area contributed by atoms with E-state index in [9.17, 15) is 0 Å². The first-order chi connectivity index (χ1) is 13.0. The molecule has 3 rings (SSSR count). The molecule has 27 heavy (non-hydrogen) atoms. The minimum absolute atomic E-state index is 0.344. The molecule has 0 aliphatic rings. The number of hydrogen-bond donors (Lipinski definition) is 2. The maximum absolute atomic E-state index is 6.27. The van der Waals surface area contributed by atoms with Gasteiger partial charge in [-0.1, -0.05) is 53.0 Å². The van der Waals surface area contributed by atoms with Crippen molar-refractivity contribution < 1.29 is 4.74 Å². The molecule has 0 bridgehead atoms. The summed E-state index contributed by atoms with van der Waals surface area (Å²) in [6, 6.07) is 12.8. The summed E-state index contributed by atoms with van der Waals surface area (Å²) in [7, 11) is 1.59. The molecule has 5 nitrogen and oxygen atoms in total. The van der Waals surface area contributed by atoms with Gasteiger partial charge in [0.05, 0.1) is 19.3 Å². The van der Waals surface area contributed by atoms with Gasteiger partial charge in [-0.05, 0) is 42.0 Å².